The highest BCUT2D eigenvalue weighted by Crippen LogP contribution is 2.32. The summed E-state index contributed by atoms with van der Waals surface area (Å²) >= 11 is 0. The Morgan fingerprint density at radius 2 is 2.28 bits per heavy atom. The molecule has 2 aliphatic rings. The van der Waals surface area contributed by atoms with Crippen molar-refractivity contribution in [2.24, 2.45) is 4.99 Å². The highest BCUT2D eigenvalue weighted by atomic mass is 16.5. The van der Waals surface area contributed by atoms with Gasteiger partial charge in [0, 0.05) is 11.9 Å². The van der Waals surface area contributed by atoms with Crippen LogP contribution in [0.4, 0.5) is 5.69 Å². The maximum atomic E-state index is 11.5. The lowest BCUT2D eigenvalue weighted by atomic mass is 10.0. The predicted octanol–water partition coefficient (Wildman–Crippen LogP) is 2.23. The van der Waals surface area contributed by atoms with E-state index in [0.29, 0.717) is 5.56 Å². The molecule has 0 radical (unpaired) electrons. The third-order valence-electron chi connectivity index (χ3n) is 3.06. The van der Waals surface area contributed by atoms with E-state index in [4.69, 9.17) is 4.74 Å². The fourth-order valence-corrected chi connectivity index (χ4v) is 2.16. The van der Waals surface area contributed by atoms with Gasteiger partial charge in [0.1, 0.15) is 0 Å². The molecule has 0 unspecified atom stereocenters. The normalized spacial score (nSPS) is 15.8. The van der Waals surface area contributed by atoms with Gasteiger partial charge < -0.3 is 9.64 Å². The summed E-state index contributed by atoms with van der Waals surface area (Å²) < 4.78 is 4.72. The van der Waals surface area contributed by atoms with Crippen LogP contribution in [-0.2, 0) is 4.74 Å². The number of rotatable bonds is 1. The molecule has 0 N–H and O–H groups in total. The molecule has 0 aliphatic carbocycles. The van der Waals surface area contributed by atoms with E-state index < -0.39 is 0 Å². The van der Waals surface area contributed by atoms with Gasteiger partial charge in [0.05, 0.1) is 31.1 Å². The second kappa shape index (κ2) is 4.14. The molecule has 0 atom stereocenters. The van der Waals surface area contributed by atoms with Gasteiger partial charge in [-0.2, -0.15) is 0 Å². The molecule has 1 aromatic carbocycles. The molecular formula is C14H12N2O2. The number of benzene rings is 1. The molecule has 0 saturated heterocycles. The molecule has 2 aliphatic heterocycles. The highest BCUT2D eigenvalue weighted by molar-refractivity contribution is 5.92. The summed E-state index contributed by atoms with van der Waals surface area (Å²) in [6.45, 7) is 0.751. The van der Waals surface area contributed by atoms with Gasteiger partial charge in [-0.1, -0.05) is 6.08 Å². The molecule has 2 heterocycles. The van der Waals surface area contributed by atoms with Crippen LogP contribution in [0.5, 0.6) is 0 Å². The van der Waals surface area contributed by atoms with E-state index in [-0.39, 0.29) is 5.97 Å². The van der Waals surface area contributed by atoms with Crippen molar-refractivity contribution in [2.45, 2.75) is 0 Å². The zero-order valence-electron chi connectivity index (χ0n) is 9.96. The van der Waals surface area contributed by atoms with Crippen molar-refractivity contribution < 1.29 is 9.53 Å². The molecule has 18 heavy (non-hydrogen) atoms. The molecule has 0 amide bonds. The van der Waals surface area contributed by atoms with Crippen molar-refractivity contribution in [2.75, 3.05) is 18.6 Å². The van der Waals surface area contributed by atoms with Crippen LogP contribution in [0.1, 0.15) is 15.9 Å². The first kappa shape index (κ1) is 10.8. The SMILES string of the molecule is COC(=O)c1ccc2c(c1)C=CC1=CN=CCN12. The van der Waals surface area contributed by atoms with Crippen molar-refractivity contribution in [3.8, 4) is 0 Å². The van der Waals surface area contributed by atoms with Crippen LogP contribution in [0.25, 0.3) is 6.08 Å². The fourth-order valence-electron chi connectivity index (χ4n) is 2.16. The number of aliphatic imine (C=N–C) groups is 1. The Balaban J connectivity index is 2.05. The van der Waals surface area contributed by atoms with E-state index >= 15 is 0 Å². The van der Waals surface area contributed by atoms with Crippen LogP contribution in [-0.4, -0.2) is 25.8 Å². The summed E-state index contributed by atoms with van der Waals surface area (Å²) in [7, 11) is 1.39. The Labute approximate surface area is 105 Å². The molecule has 0 fully saturated rings. The molecule has 3 rings (SSSR count). The zero-order valence-corrected chi connectivity index (χ0v) is 9.96. The Bertz CT molecular complexity index is 600. The largest absolute Gasteiger partial charge is 0.465 e. The lowest BCUT2D eigenvalue weighted by molar-refractivity contribution is 0.0600. The summed E-state index contributed by atoms with van der Waals surface area (Å²) in [5, 5.41) is 0. The number of esters is 1. The van der Waals surface area contributed by atoms with Crippen LogP contribution < -0.4 is 4.90 Å². The van der Waals surface area contributed by atoms with Crippen molar-refractivity contribution in [3.63, 3.8) is 0 Å². The van der Waals surface area contributed by atoms with Gasteiger partial charge >= 0.3 is 5.97 Å². The molecule has 0 bridgehead atoms. The number of fused-ring (bicyclic) bond motifs is 3. The molecule has 4 heteroatoms. The van der Waals surface area contributed by atoms with Gasteiger partial charge in [0.25, 0.3) is 0 Å². The molecule has 90 valence electrons. The van der Waals surface area contributed by atoms with Crippen molar-refractivity contribution in [3.05, 3.63) is 47.3 Å². The van der Waals surface area contributed by atoms with Crippen LogP contribution in [0.15, 0.2) is 41.2 Å². The zero-order chi connectivity index (χ0) is 12.5. The average molecular weight is 240 g/mol. The predicted molar refractivity (Wildman–Crippen MR) is 70.7 cm³/mol. The van der Waals surface area contributed by atoms with E-state index in [9.17, 15) is 4.79 Å². The van der Waals surface area contributed by atoms with Crippen LogP contribution in [0, 0.1) is 0 Å². The van der Waals surface area contributed by atoms with E-state index in [1.54, 1.807) is 6.07 Å². The lowest BCUT2D eigenvalue weighted by Gasteiger charge is -2.30. The monoisotopic (exact) mass is 240 g/mol. The van der Waals surface area contributed by atoms with Crippen molar-refractivity contribution >= 4 is 23.9 Å². The van der Waals surface area contributed by atoms with Gasteiger partial charge in [0.15, 0.2) is 0 Å². The van der Waals surface area contributed by atoms with Crippen LogP contribution >= 0.6 is 0 Å². The molecule has 0 saturated carbocycles. The first-order chi connectivity index (χ1) is 8.79. The number of hydrogen-bond acceptors (Lipinski definition) is 4. The standard InChI is InChI=1S/C14H12N2O2/c1-18-14(17)11-3-5-13-10(8-11)2-4-12-9-15-6-7-16(12)13/h2-6,8-9H,7H2,1H3. The second-order valence-corrected chi connectivity index (χ2v) is 4.09. The Morgan fingerprint density at radius 3 is 3.11 bits per heavy atom. The highest BCUT2D eigenvalue weighted by Gasteiger charge is 2.19. The molecule has 1 aromatic rings. The maximum absolute atomic E-state index is 11.5. The Morgan fingerprint density at radius 1 is 1.39 bits per heavy atom. The molecular weight excluding hydrogens is 228 g/mol. The number of methoxy groups -OCH3 is 1. The average Bonchev–Trinajstić information content (AvgIpc) is 2.45. The number of allylic oxidation sites excluding steroid dienone is 1. The summed E-state index contributed by atoms with van der Waals surface area (Å²) in [6, 6.07) is 5.57. The number of ether oxygens (including phenoxy) is 1. The number of hydrogen-bond donors (Lipinski definition) is 0. The van der Waals surface area contributed by atoms with E-state index in [2.05, 4.69) is 9.89 Å². The number of anilines is 1. The Kier molecular flexibility index (Phi) is 2.48. The number of carbonyl (C=O) groups excluding carboxylic acids is 1. The summed E-state index contributed by atoms with van der Waals surface area (Å²) in [4.78, 5) is 17.8. The number of carbonyl (C=O) groups is 1. The summed E-state index contributed by atoms with van der Waals surface area (Å²) in [6.07, 6.45) is 7.68. The minimum absolute atomic E-state index is 0.312. The van der Waals surface area contributed by atoms with Crippen LogP contribution in [0.2, 0.25) is 0 Å². The van der Waals surface area contributed by atoms with Gasteiger partial charge in [0.2, 0.25) is 0 Å². The molecule has 0 spiro atoms. The van der Waals surface area contributed by atoms with Gasteiger partial charge in [-0.25, -0.2) is 4.79 Å². The molecule has 0 aromatic heterocycles. The van der Waals surface area contributed by atoms with E-state index in [1.807, 2.05) is 36.7 Å². The van der Waals surface area contributed by atoms with Crippen molar-refractivity contribution in [1.29, 1.82) is 0 Å². The van der Waals surface area contributed by atoms with E-state index in [0.717, 1.165) is 23.5 Å². The summed E-state index contributed by atoms with van der Waals surface area (Å²) in [5.41, 5.74) is 3.74. The van der Waals surface area contributed by atoms with Gasteiger partial charge in [-0.3, -0.25) is 4.99 Å². The third kappa shape index (κ3) is 1.62. The first-order valence-corrected chi connectivity index (χ1v) is 5.69. The topological polar surface area (TPSA) is 41.9 Å². The number of nitrogens with zero attached hydrogens (tertiary/aromatic N) is 2. The smallest absolute Gasteiger partial charge is 0.337 e. The van der Waals surface area contributed by atoms with Gasteiger partial charge in [-0.15, -0.1) is 0 Å². The quantitative estimate of drug-likeness (QED) is 0.707. The second-order valence-electron chi connectivity index (χ2n) is 4.09. The first-order valence-electron chi connectivity index (χ1n) is 5.69. The van der Waals surface area contributed by atoms with Gasteiger partial charge in [-0.05, 0) is 29.8 Å². The van der Waals surface area contributed by atoms with E-state index in [1.165, 1.54) is 7.11 Å². The summed E-state index contributed by atoms with van der Waals surface area (Å²) in [5.74, 6) is -0.312. The fraction of sp³-hybridized carbons (Fsp3) is 0.143. The third-order valence-corrected chi connectivity index (χ3v) is 3.06. The minimum Gasteiger partial charge on any atom is -0.465 e. The van der Waals surface area contributed by atoms with Crippen molar-refractivity contribution in [1.82, 2.24) is 0 Å². The minimum atomic E-state index is -0.312. The Hall–Kier alpha value is -2.36. The molecule has 4 nitrogen and oxygen atoms in total. The van der Waals surface area contributed by atoms with Crippen LogP contribution in [0.3, 0.4) is 0 Å². The maximum Gasteiger partial charge on any atom is 0.337 e. The lowest BCUT2D eigenvalue weighted by Crippen LogP contribution is -2.28.